The SMILES string of the molecule is O=C(CCNCc1ncc(Cl)s1)N1CCCCC1. The highest BCUT2D eigenvalue weighted by Crippen LogP contribution is 2.17. The third-order valence-electron chi connectivity index (χ3n) is 3.03. The van der Waals surface area contributed by atoms with Crippen LogP contribution in [-0.2, 0) is 11.3 Å². The van der Waals surface area contributed by atoms with Crippen LogP contribution in [0.1, 0.15) is 30.7 Å². The molecule has 0 aromatic carbocycles. The van der Waals surface area contributed by atoms with E-state index in [9.17, 15) is 4.79 Å². The van der Waals surface area contributed by atoms with Gasteiger partial charge in [0, 0.05) is 32.6 Å². The van der Waals surface area contributed by atoms with E-state index in [0.29, 0.717) is 23.8 Å². The average Bonchev–Trinajstić information content (AvgIpc) is 2.81. The summed E-state index contributed by atoms with van der Waals surface area (Å²) in [6, 6.07) is 0. The lowest BCUT2D eigenvalue weighted by Crippen LogP contribution is -2.37. The van der Waals surface area contributed by atoms with E-state index in [1.807, 2.05) is 4.90 Å². The number of hydrogen-bond donors (Lipinski definition) is 1. The number of rotatable bonds is 5. The Bertz CT molecular complexity index is 390. The van der Waals surface area contributed by atoms with E-state index < -0.39 is 0 Å². The number of carbonyl (C=O) groups is 1. The van der Waals surface area contributed by atoms with Crippen molar-refractivity contribution in [3.05, 3.63) is 15.5 Å². The summed E-state index contributed by atoms with van der Waals surface area (Å²) in [4.78, 5) is 18.0. The van der Waals surface area contributed by atoms with E-state index in [4.69, 9.17) is 11.6 Å². The largest absolute Gasteiger partial charge is 0.343 e. The second-order valence-electron chi connectivity index (χ2n) is 4.43. The number of hydrogen-bond acceptors (Lipinski definition) is 4. The first-order valence-corrected chi connectivity index (χ1v) is 7.54. The Morgan fingerprint density at radius 2 is 2.22 bits per heavy atom. The zero-order valence-corrected chi connectivity index (χ0v) is 11.9. The van der Waals surface area contributed by atoms with Crippen molar-refractivity contribution in [2.75, 3.05) is 19.6 Å². The molecule has 1 aliphatic heterocycles. The Morgan fingerprint density at radius 1 is 1.44 bits per heavy atom. The van der Waals surface area contributed by atoms with Gasteiger partial charge in [-0.2, -0.15) is 0 Å². The van der Waals surface area contributed by atoms with Crippen molar-refractivity contribution in [2.45, 2.75) is 32.2 Å². The molecule has 0 bridgehead atoms. The van der Waals surface area contributed by atoms with Gasteiger partial charge in [0.25, 0.3) is 0 Å². The molecule has 0 aliphatic carbocycles. The van der Waals surface area contributed by atoms with Crippen LogP contribution in [0, 0.1) is 0 Å². The molecule has 1 amide bonds. The molecule has 1 saturated heterocycles. The van der Waals surface area contributed by atoms with E-state index in [1.165, 1.54) is 17.8 Å². The number of nitrogens with zero attached hydrogens (tertiary/aromatic N) is 2. The summed E-state index contributed by atoms with van der Waals surface area (Å²) >= 11 is 7.26. The predicted molar refractivity (Wildman–Crippen MR) is 73.9 cm³/mol. The zero-order valence-electron chi connectivity index (χ0n) is 10.3. The quantitative estimate of drug-likeness (QED) is 0.845. The summed E-state index contributed by atoms with van der Waals surface area (Å²) < 4.78 is 0.705. The van der Waals surface area contributed by atoms with Crippen molar-refractivity contribution in [2.24, 2.45) is 0 Å². The molecule has 1 aliphatic rings. The van der Waals surface area contributed by atoms with Crippen LogP contribution in [0.5, 0.6) is 0 Å². The molecule has 0 spiro atoms. The summed E-state index contributed by atoms with van der Waals surface area (Å²) in [5.41, 5.74) is 0. The summed E-state index contributed by atoms with van der Waals surface area (Å²) in [6.45, 7) is 3.25. The number of likely N-dealkylation sites (tertiary alicyclic amines) is 1. The first-order valence-electron chi connectivity index (χ1n) is 6.34. The van der Waals surface area contributed by atoms with Crippen LogP contribution >= 0.6 is 22.9 Å². The van der Waals surface area contributed by atoms with Gasteiger partial charge in [-0.3, -0.25) is 4.79 Å². The normalized spacial score (nSPS) is 15.9. The standard InChI is InChI=1S/C12H18ClN3OS/c13-10-8-15-11(18-10)9-14-5-4-12(17)16-6-2-1-3-7-16/h8,14H,1-7,9H2. The second-order valence-corrected chi connectivity index (χ2v) is 6.17. The zero-order chi connectivity index (χ0) is 12.8. The molecule has 1 aromatic heterocycles. The maximum Gasteiger partial charge on any atom is 0.223 e. The molecule has 18 heavy (non-hydrogen) atoms. The summed E-state index contributed by atoms with van der Waals surface area (Å²) in [6.07, 6.45) is 5.78. The highest BCUT2D eigenvalue weighted by molar-refractivity contribution is 7.15. The number of amides is 1. The molecule has 1 N–H and O–H groups in total. The molecule has 0 unspecified atom stereocenters. The van der Waals surface area contributed by atoms with Crippen LogP contribution in [0.15, 0.2) is 6.20 Å². The molecular weight excluding hydrogens is 270 g/mol. The Kier molecular flexibility index (Phi) is 5.41. The monoisotopic (exact) mass is 287 g/mol. The molecule has 0 radical (unpaired) electrons. The van der Waals surface area contributed by atoms with Crippen LogP contribution in [0.2, 0.25) is 4.34 Å². The highest BCUT2D eigenvalue weighted by Gasteiger charge is 2.15. The Labute approximate surface area is 116 Å². The van der Waals surface area contributed by atoms with Gasteiger partial charge in [-0.1, -0.05) is 11.6 Å². The third-order valence-corrected chi connectivity index (χ3v) is 4.14. The fourth-order valence-electron chi connectivity index (χ4n) is 2.06. The van der Waals surface area contributed by atoms with Crippen LogP contribution in [0.3, 0.4) is 0 Å². The number of thiazole rings is 1. The van der Waals surface area contributed by atoms with Gasteiger partial charge < -0.3 is 10.2 Å². The smallest absolute Gasteiger partial charge is 0.223 e. The van der Waals surface area contributed by atoms with Gasteiger partial charge in [-0.15, -0.1) is 11.3 Å². The van der Waals surface area contributed by atoms with Crippen molar-refractivity contribution < 1.29 is 4.79 Å². The van der Waals surface area contributed by atoms with Crippen molar-refractivity contribution >= 4 is 28.8 Å². The van der Waals surface area contributed by atoms with Crippen molar-refractivity contribution in [1.29, 1.82) is 0 Å². The molecule has 1 aromatic rings. The highest BCUT2D eigenvalue weighted by atomic mass is 35.5. The molecule has 6 heteroatoms. The Balaban J connectivity index is 1.61. The first-order chi connectivity index (χ1) is 8.75. The van der Waals surface area contributed by atoms with Crippen LogP contribution in [-0.4, -0.2) is 35.4 Å². The van der Waals surface area contributed by atoms with Gasteiger partial charge in [0.15, 0.2) is 0 Å². The lowest BCUT2D eigenvalue weighted by Gasteiger charge is -2.26. The van der Waals surface area contributed by atoms with Crippen LogP contribution < -0.4 is 5.32 Å². The van der Waals surface area contributed by atoms with Crippen molar-refractivity contribution in [3.8, 4) is 0 Å². The van der Waals surface area contributed by atoms with Gasteiger partial charge in [0.05, 0.1) is 6.20 Å². The number of aromatic nitrogens is 1. The fraction of sp³-hybridized carbons (Fsp3) is 0.667. The van der Waals surface area contributed by atoms with E-state index in [0.717, 1.165) is 30.9 Å². The predicted octanol–water partition coefficient (Wildman–Crippen LogP) is 2.29. The van der Waals surface area contributed by atoms with E-state index >= 15 is 0 Å². The van der Waals surface area contributed by atoms with Gasteiger partial charge >= 0.3 is 0 Å². The van der Waals surface area contributed by atoms with Crippen molar-refractivity contribution in [3.63, 3.8) is 0 Å². The van der Waals surface area contributed by atoms with Gasteiger partial charge in [0.1, 0.15) is 9.34 Å². The first kappa shape index (κ1) is 13.8. The molecule has 2 rings (SSSR count). The van der Waals surface area contributed by atoms with E-state index in [1.54, 1.807) is 6.20 Å². The molecule has 1 fully saturated rings. The third kappa shape index (κ3) is 4.23. The average molecular weight is 288 g/mol. The molecular formula is C12H18ClN3OS. The molecule has 4 nitrogen and oxygen atoms in total. The van der Waals surface area contributed by atoms with Gasteiger partial charge in [-0.25, -0.2) is 4.98 Å². The topological polar surface area (TPSA) is 45.2 Å². The lowest BCUT2D eigenvalue weighted by molar-refractivity contribution is -0.131. The molecule has 100 valence electrons. The number of nitrogens with one attached hydrogen (secondary N) is 1. The second kappa shape index (κ2) is 7.07. The minimum Gasteiger partial charge on any atom is -0.343 e. The Hall–Kier alpha value is -0.650. The molecule has 2 heterocycles. The lowest BCUT2D eigenvalue weighted by atomic mass is 10.1. The Morgan fingerprint density at radius 3 is 2.89 bits per heavy atom. The maximum absolute atomic E-state index is 11.9. The summed E-state index contributed by atoms with van der Waals surface area (Å²) in [7, 11) is 0. The minimum atomic E-state index is 0.263. The van der Waals surface area contributed by atoms with Crippen LogP contribution in [0.25, 0.3) is 0 Å². The molecule has 0 atom stereocenters. The minimum absolute atomic E-state index is 0.263. The van der Waals surface area contributed by atoms with Gasteiger partial charge in [-0.05, 0) is 19.3 Å². The van der Waals surface area contributed by atoms with E-state index in [2.05, 4.69) is 10.3 Å². The van der Waals surface area contributed by atoms with E-state index in [-0.39, 0.29) is 5.91 Å². The van der Waals surface area contributed by atoms with Crippen LogP contribution in [0.4, 0.5) is 0 Å². The number of piperidine rings is 1. The summed E-state index contributed by atoms with van der Waals surface area (Å²) in [5.74, 6) is 0.263. The maximum atomic E-state index is 11.9. The van der Waals surface area contributed by atoms with Crippen molar-refractivity contribution in [1.82, 2.24) is 15.2 Å². The number of halogens is 1. The number of carbonyl (C=O) groups excluding carboxylic acids is 1. The van der Waals surface area contributed by atoms with Gasteiger partial charge in [0.2, 0.25) is 5.91 Å². The fourth-order valence-corrected chi connectivity index (χ4v) is 2.99. The molecule has 0 saturated carbocycles. The summed E-state index contributed by atoms with van der Waals surface area (Å²) in [5, 5.41) is 4.19.